The molecule has 4 aromatic carbocycles. The van der Waals surface area contributed by atoms with Gasteiger partial charge in [-0.15, -0.1) is 0 Å². The molecule has 9 rings (SSSR count). The normalized spacial score (nSPS) is 11.9. The number of hydrogen-bond acceptors (Lipinski definition) is 5. The zero-order chi connectivity index (χ0) is 41.7. The van der Waals surface area contributed by atoms with Crippen molar-refractivity contribution in [3.63, 3.8) is 0 Å². The quantitative estimate of drug-likeness (QED) is 0.120. The van der Waals surface area contributed by atoms with Crippen LogP contribution < -0.4 is 14.2 Å². The second-order valence-electron chi connectivity index (χ2n) is 16.7. The number of unbranched alkanes of at least 4 members (excludes halogenated alkanes) is 3. The summed E-state index contributed by atoms with van der Waals surface area (Å²) >= 11 is 0. The van der Waals surface area contributed by atoms with Crippen molar-refractivity contribution in [2.24, 2.45) is 0 Å². The Bertz CT molecular complexity index is 2990. The van der Waals surface area contributed by atoms with Crippen LogP contribution >= 0.6 is 0 Å². The molecule has 8 bridgehead atoms. The number of aromatic nitrogens is 4. The molecule has 0 fully saturated rings. The van der Waals surface area contributed by atoms with Gasteiger partial charge in [-0.1, -0.05) is 70.4 Å². The molecular formula is C53H56N4O3. The maximum absolute atomic E-state index is 6.60. The SMILES string of the molecule is CCCCOc1ccc(C)c2c1-c1cc3[nH]c(cc4nc(cc5[nH]c(cc-2n1)c1c(C)ccc(OCCCC)c51)-c1c(C)ccc(C)c1-4)c1c(OCCCC)ccc(C)c31. The van der Waals surface area contributed by atoms with Gasteiger partial charge < -0.3 is 24.2 Å². The van der Waals surface area contributed by atoms with Gasteiger partial charge in [-0.05, 0) is 124 Å². The summed E-state index contributed by atoms with van der Waals surface area (Å²) in [7, 11) is 0. The molecule has 0 saturated carbocycles. The number of aromatic amines is 2. The van der Waals surface area contributed by atoms with Crippen LogP contribution in [0.5, 0.6) is 17.2 Å². The van der Waals surface area contributed by atoms with Crippen molar-refractivity contribution < 1.29 is 14.2 Å². The zero-order valence-corrected chi connectivity index (χ0v) is 36.4. The number of benzene rings is 4. The van der Waals surface area contributed by atoms with E-state index < -0.39 is 0 Å². The topological polar surface area (TPSA) is 85.1 Å². The van der Waals surface area contributed by atoms with Crippen molar-refractivity contribution >= 4 is 43.6 Å². The van der Waals surface area contributed by atoms with Crippen molar-refractivity contribution in [3.8, 4) is 62.3 Å². The van der Waals surface area contributed by atoms with Crippen LogP contribution in [0.15, 0.2) is 72.8 Å². The lowest BCUT2D eigenvalue weighted by molar-refractivity contribution is 0.310. The van der Waals surface area contributed by atoms with Crippen molar-refractivity contribution in [3.05, 3.63) is 101 Å². The second kappa shape index (κ2) is 16.2. The number of H-pyrrole nitrogens is 2. The van der Waals surface area contributed by atoms with E-state index in [1.54, 1.807) is 0 Å². The average molecular weight is 797 g/mol. The van der Waals surface area contributed by atoms with Gasteiger partial charge in [0.1, 0.15) is 17.2 Å². The van der Waals surface area contributed by atoms with Crippen LogP contribution in [-0.2, 0) is 0 Å². The van der Waals surface area contributed by atoms with Crippen LogP contribution in [0.4, 0.5) is 0 Å². The van der Waals surface area contributed by atoms with Gasteiger partial charge in [0.2, 0.25) is 0 Å². The van der Waals surface area contributed by atoms with Crippen LogP contribution in [-0.4, -0.2) is 39.8 Å². The van der Waals surface area contributed by atoms with Crippen molar-refractivity contribution in [2.45, 2.75) is 93.9 Å². The van der Waals surface area contributed by atoms with Crippen molar-refractivity contribution in [2.75, 3.05) is 19.8 Å². The Hall–Kier alpha value is -6.08. The minimum absolute atomic E-state index is 0.641. The number of nitrogens with zero attached hydrogens (tertiary/aromatic N) is 2. The first kappa shape index (κ1) is 39.4. The Morgan fingerprint density at radius 1 is 0.383 bits per heavy atom. The number of nitrogens with one attached hydrogen (secondary N) is 2. The van der Waals surface area contributed by atoms with Crippen molar-refractivity contribution in [1.29, 1.82) is 0 Å². The molecule has 0 saturated heterocycles. The second-order valence-corrected chi connectivity index (χ2v) is 16.7. The molecule has 2 aliphatic rings. The van der Waals surface area contributed by atoms with Crippen molar-refractivity contribution in [1.82, 2.24) is 19.9 Å². The summed E-state index contributed by atoms with van der Waals surface area (Å²) in [6.07, 6.45) is 6.11. The molecular weight excluding hydrogens is 741 g/mol. The summed E-state index contributed by atoms with van der Waals surface area (Å²) < 4.78 is 19.8. The molecule has 0 atom stereocenters. The van der Waals surface area contributed by atoms with Gasteiger partial charge in [-0.3, -0.25) is 0 Å². The van der Waals surface area contributed by atoms with E-state index in [2.05, 4.69) is 138 Å². The lowest BCUT2D eigenvalue weighted by Gasteiger charge is -2.12. The molecule has 0 amide bonds. The predicted octanol–water partition coefficient (Wildman–Crippen LogP) is 14.4. The Morgan fingerprint density at radius 3 is 1.12 bits per heavy atom. The Labute approximate surface area is 353 Å². The molecule has 7 heteroatoms. The number of ether oxygens (including phenoxy) is 3. The third kappa shape index (κ3) is 6.78. The van der Waals surface area contributed by atoms with E-state index in [-0.39, 0.29) is 0 Å². The average Bonchev–Trinajstić information content (AvgIpc) is 3.99. The van der Waals surface area contributed by atoms with Crippen LogP contribution in [0.25, 0.3) is 88.6 Å². The molecule has 3 aromatic heterocycles. The molecule has 7 aromatic rings. The van der Waals surface area contributed by atoms with Gasteiger partial charge in [-0.25, -0.2) is 9.97 Å². The molecule has 0 unspecified atom stereocenters. The minimum atomic E-state index is 0.641. The van der Waals surface area contributed by atoms with E-state index in [0.29, 0.717) is 19.8 Å². The van der Waals surface area contributed by atoms with Crippen LogP contribution in [0.2, 0.25) is 0 Å². The first-order valence-electron chi connectivity index (χ1n) is 21.9. The summed E-state index contributed by atoms with van der Waals surface area (Å²) in [5.41, 5.74) is 17.7. The van der Waals surface area contributed by atoms with E-state index in [9.17, 15) is 0 Å². The highest BCUT2D eigenvalue weighted by atomic mass is 16.5. The highest BCUT2D eigenvalue weighted by Crippen LogP contribution is 2.48. The van der Waals surface area contributed by atoms with E-state index in [0.717, 1.165) is 161 Å². The zero-order valence-electron chi connectivity index (χ0n) is 36.4. The monoisotopic (exact) mass is 796 g/mol. The first-order valence-corrected chi connectivity index (χ1v) is 21.9. The standard InChI is InChI=1S/C53H56N4O3/c1-9-12-23-58-43-20-17-32(6)48-37-26-38-49-33(7)18-21-45(60-25-14-11-3)53(49)42(56-38)29-39-50-34(8)19-22-44(59-24-13-10-2)52(50)41(57-39)28-36-47-31(5)16-15-30(4)46(47)35(54-36)27-40(55-37)51(43)48/h15-22,26-29,55,57H,9-14,23-25H2,1-8H3. The molecule has 7 nitrogen and oxygen atoms in total. The molecule has 5 heterocycles. The highest BCUT2D eigenvalue weighted by Gasteiger charge is 2.26. The fourth-order valence-electron chi connectivity index (χ4n) is 9.11. The molecule has 0 spiro atoms. The maximum Gasteiger partial charge on any atom is 0.129 e. The van der Waals surface area contributed by atoms with Gasteiger partial charge in [0.15, 0.2) is 0 Å². The molecule has 0 aliphatic carbocycles. The molecule has 306 valence electrons. The number of rotatable bonds is 12. The van der Waals surface area contributed by atoms with Gasteiger partial charge in [0, 0.05) is 49.3 Å². The molecule has 2 aliphatic heterocycles. The molecule has 2 N–H and O–H groups in total. The minimum Gasteiger partial charge on any atom is -0.493 e. The molecule has 60 heavy (non-hydrogen) atoms. The number of fused-ring (bicyclic) bond motifs is 20. The highest BCUT2D eigenvalue weighted by molar-refractivity contribution is 6.15. The number of aryl methyl sites for hydroxylation is 5. The number of hydrogen-bond donors (Lipinski definition) is 2. The van der Waals surface area contributed by atoms with Crippen LogP contribution in [0, 0.1) is 34.6 Å². The van der Waals surface area contributed by atoms with E-state index >= 15 is 0 Å². The van der Waals surface area contributed by atoms with Crippen LogP contribution in [0.1, 0.15) is 87.1 Å². The Kier molecular flexibility index (Phi) is 10.6. The lowest BCUT2D eigenvalue weighted by Crippen LogP contribution is -1.98. The van der Waals surface area contributed by atoms with E-state index in [1.807, 2.05) is 0 Å². The van der Waals surface area contributed by atoms with Gasteiger partial charge in [0.05, 0.1) is 59.2 Å². The summed E-state index contributed by atoms with van der Waals surface area (Å²) in [6, 6.07) is 26.2. The third-order valence-electron chi connectivity index (χ3n) is 12.3. The van der Waals surface area contributed by atoms with Crippen LogP contribution in [0.3, 0.4) is 0 Å². The van der Waals surface area contributed by atoms with Gasteiger partial charge in [-0.2, -0.15) is 0 Å². The third-order valence-corrected chi connectivity index (χ3v) is 12.3. The predicted molar refractivity (Wildman–Crippen MR) is 250 cm³/mol. The Balaban J connectivity index is 1.48. The fourth-order valence-corrected chi connectivity index (χ4v) is 9.11. The lowest BCUT2D eigenvalue weighted by atomic mass is 9.95. The molecule has 0 radical (unpaired) electrons. The summed E-state index contributed by atoms with van der Waals surface area (Å²) in [4.78, 5) is 18.8. The first-order chi connectivity index (χ1) is 29.2. The Morgan fingerprint density at radius 2 is 0.700 bits per heavy atom. The van der Waals surface area contributed by atoms with Gasteiger partial charge >= 0.3 is 0 Å². The largest absolute Gasteiger partial charge is 0.493 e. The summed E-state index contributed by atoms with van der Waals surface area (Å²) in [5, 5.41) is 4.34. The van der Waals surface area contributed by atoms with Gasteiger partial charge in [0.25, 0.3) is 0 Å². The fraction of sp³-hybridized carbons (Fsp3) is 0.321. The van der Waals surface area contributed by atoms with E-state index in [4.69, 9.17) is 24.2 Å². The maximum atomic E-state index is 6.60. The summed E-state index contributed by atoms with van der Waals surface area (Å²) in [5.74, 6) is 2.58. The van der Waals surface area contributed by atoms with E-state index in [1.165, 1.54) is 11.1 Å². The smallest absolute Gasteiger partial charge is 0.129 e. The summed E-state index contributed by atoms with van der Waals surface area (Å²) in [6.45, 7) is 19.4.